The summed E-state index contributed by atoms with van der Waals surface area (Å²) in [6, 6.07) is 5.52. The van der Waals surface area contributed by atoms with Crippen molar-refractivity contribution in [1.29, 1.82) is 0 Å². The van der Waals surface area contributed by atoms with Crippen molar-refractivity contribution in [3.05, 3.63) is 29.8 Å². The lowest BCUT2D eigenvalue weighted by atomic mass is 10.2. The highest BCUT2D eigenvalue weighted by molar-refractivity contribution is 7.80. The van der Waals surface area contributed by atoms with Crippen LogP contribution in [0.4, 0.5) is 0 Å². The normalized spacial score (nSPS) is 8.33. The number of aromatic hydroxyl groups is 1. The van der Waals surface area contributed by atoms with Crippen molar-refractivity contribution in [3.63, 3.8) is 0 Å². The third kappa shape index (κ3) is 6.28. The first-order valence-corrected chi connectivity index (χ1v) is 4.37. The number of rotatable bonds is 1. The van der Waals surface area contributed by atoms with Gasteiger partial charge in [0, 0.05) is 7.05 Å². The molecule has 0 aromatic heterocycles. The standard InChI is InChI=1S/C7H6O3.C2H6N2S/c8-6-3-1-2-5(4-6)7(9)10;1-4-2(3)5/h1-4,8H,(H,9,10);1H3,(H3,3,4,5). The van der Waals surface area contributed by atoms with Gasteiger partial charge in [0.15, 0.2) is 5.11 Å². The fraction of sp³-hybridized carbons (Fsp3) is 0.111. The number of nitrogens with two attached hydrogens (primary N) is 1. The number of carbonyl (C=O) groups is 1. The molecule has 0 radical (unpaired) electrons. The second-order valence-electron chi connectivity index (χ2n) is 2.47. The van der Waals surface area contributed by atoms with Gasteiger partial charge in [0.2, 0.25) is 0 Å². The largest absolute Gasteiger partial charge is 0.508 e. The van der Waals surface area contributed by atoms with Gasteiger partial charge < -0.3 is 21.3 Å². The van der Waals surface area contributed by atoms with Crippen molar-refractivity contribution in [3.8, 4) is 5.75 Å². The molecule has 0 aliphatic rings. The molecular weight excluding hydrogens is 216 g/mol. The zero-order chi connectivity index (χ0) is 11.8. The van der Waals surface area contributed by atoms with E-state index in [0.29, 0.717) is 5.11 Å². The molecule has 0 unspecified atom stereocenters. The van der Waals surface area contributed by atoms with Gasteiger partial charge in [-0.15, -0.1) is 0 Å². The maximum Gasteiger partial charge on any atom is 0.335 e. The monoisotopic (exact) mass is 228 g/mol. The number of carboxylic acid groups (broad SMARTS) is 1. The summed E-state index contributed by atoms with van der Waals surface area (Å²) in [5.41, 5.74) is 5.01. The number of carboxylic acids is 1. The molecule has 0 aliphatic carbocycles. The first-order valence-electron chi connectivity index (χ1n) is 3.97. The molecular formula is C9H12N2O3S. The summed E-state index contributed by atoms with van der Waals surface area (Å²) in [7, 11) is 1.68. The van der Waals surface area contributed by atoms with Gasteiger partial charge >= 0.3 is 5.97 Å². The van der Waals surface area contributed by atoms with E-state index in [1.165, 1.54) is 24.3 Å². The molecule has 0 amide bonds. The van der Waals surface area contributed by atoms with Crippen LogP contribution in [0, 0.1) is 0 Å². The number of thiocarbonyl (C=S) groups is 1. The Labute approximate surface area is 92.5 Å². The van der Waals surface area contributed by atoms with Crippen LogP contribution in [0.15, 0.2) is 24.3 Å². The number of aromatic carboxylic acids is 1. The summed E-state index contributed by atoms with van der Waals surface area (Å²) in [5.74, 6) is -1.06. The van der Waals surface area contributed by atoms with E-state index >= 15 is 0 Å². The summed E-state index contributed by atoms with van der Waals surface area (Å²) in [6.07, 6.45) is 0. The van der Waals surface area contributed by atoms with Crippen LogP contribution in [0.25, 0.3) is 0 Å². The third-order valence-electron chi connectivity index (χ3n) is 1.34. The van der Waals surface area contributed by atoms with Gasteiger partial charge in [-0.2, -0.15) is 0 Å². The maximum absolute atomic E-state index is 10.2. The molecule has 0 aliphatic heterocycles. The second-order valence-corrected chi connectivity index (χ2v) is 2.91. The Morgan fingerprint density at radius 1 is 1.53 bits per heavy atom. The maximum atomic E-state index is 10.2. The van der Waals surface area contributed by atoms with Crippen LogP contribution >= 0.6 is 12.2 Å². The van der Waals surface area contributed by atoms with E-state index in [4.69, 9.17) is 15.9 Å². The number of phenolic OH excluding ortho intramolecular Hbond substituents is 1. The second kappa shape index (κ2) is 6.61. The first kappa shape index (κ1) is 13.2. The van der Waals surface area contributed by atoms with Gasteiger partial charge in [0.25, 0.3) is 0 Å². The lowest BCUT2D eigenvalue weighted by Gasteiger charge is -1.92. The van der Waals surface area contributed by atoms with Crippen LogP contribution in [-0.4, -0.2) is 28.3 Å². The molecule has 0 saturated heterocycles. The van der Waals surface area contributed by atoms with Gasteiger partial charge in [0.1, 0.15) is 5.75 Å². The third-order valence-corrected chi connectivity index (χ3v) is 1.54. The van der Waals surface area contributed by atoms with E-state index in [2.05, 4.69) is 17.5 Å². The SMILES string of the molecule is CNC(N)=S.O=C(O)c1cccc(O)c1. The quantitative estimate of drug-likeness (QED) is 0.524. The molecule has 6 heteroatoms. The average molecular weight is 228 g/mol. The highest BCUT2D eigenvalue weighted by atomic mass is 32.1. The van der Waals surface area contributed by atoms with Crippen molar-refractivity contribution in [2.24, 2.45) is 5.73 Å². The van der Waals surface area contributed by atoms with Crippen molar-refractivity contribution in [1.82, 2.24) is 5.32 Å². The zero-order valence-electron chi connectivity index (χ0n) is 8.10. The minimum atomic E-state index is -1.03. The Balaban J connectivity index is 0.000000336. The molecule has 0 spiro atoms. The molecule has 5 N–H and O–H groups in total. The molecule has 1 aromatic carbocycles. The van der Waals surface area contributed by atoms with E-state index in [1.54, 1.807) is 7.05 Å². The number of phenols is 1. The van der Waals surface area contributed by atoms with Gasteiger partial charge in [-0.25, -0.2) is 4.79 Å². The summed E-state index contributed by atoms with van der Waals surface area (Å²) in [6.45, 7) is 0. The molecule has 5 nitrogen and oxygen atoms in total. The Bertz CT molecular complexity index is 355. The van der Waals surface area contributed by atoms with Crippen LogP contribution in [0.1, 0.15) is 10.4 Å². The molecule has 82 valence electrons. The Hall–Kier alpha value is -1.82. The molecule has 0 bridgehead atoms. The van der Waals surface area contributed by atoms with Crippen molar-refractivity contribution in [2.75, 3.05) is 7.05 Å². The lowest BCUT2D eigenvalue weighted by Crippen LogP contribution is -2.24. The smallest absolute Gasteiger partial charge is 0.335 e. The van der Waals surface area contributed by atoms with E-state index in [-0.39, 0.29) is 11.3 Å². The number of nitrogens with one attached hydrogen (secondary N) is 1. The predicted molar refractivity (Wildman–Crippen MR) is 60.9 cm³/mol. The fourth-order valence-corrected chi connectivity index (χ4v) is 0.639. The minimum absolute atomic E-state index is 0.0279. The van der Waals surface area contributed by atoms with Gasteiger partial charge in [-0.05, 0) is 30.4 Å². The summed E-state index contributed by atoms with van der Waals surface area (Å²) in [4.78, 5) is 10.2. The molecule has 15 heavy (non-hydrogen) atoms. The van der Waals surface area contributed by atoms with E-state index in [0.717, 1.165) is 0 Å². The first-order chi connectivity index (χ1) is 6.97. The van der Waals surface area contributed by atoms with Gasteiger partial charge in [0.05, 0.1) is 5.56 Å². The summed E-state index contributed by atoms with van der Waals surface area (Å²) in [5, 5.41) is 20.1. The number of hydrogen-bond donors (Lipinski definition) is 4. The van der Waals surface area contributed by atoms with Gasteiger partial charge in [-0.3, -0.25) is 0 Å². The number of benzene rings is 1. The van der Waals surface area contributed by atoms with Crippen molar-refractivity contribution in [2.45, 2.75) is 0 Å². The molecule has 0 atom stereocenters. The van der Waals surface area contributed by atoms with Crippen LogP contribution in [0.2, 0.25) is 0 Å². The molecule has 1 aromatic rings. The van der Waals surface area contributed by atoms with Crippen LogP contribution in [0.3, 0.4) is 0 Å². The topological polar surface area (TPSA) is 95.6 Å². The minimum Gasteiger partial charge on any atom is -0.508 e. The summed E-state index contributed by atoms with van der Waals surface area (Å²) >= 11 is 4.36. The molecule has 0 heterocycles. The highest BCUT2D eigenvalue weighted by Crippen LogP contribution is 2.09. The average Bonchev–Trinajstić information content (AvgIpc) is 2.18. The zero-order valence-corrected chi connectivity index (χ0v) is 8.91. The number of hydrogen-bond acceptors (Lipinski definition) is 3. The Morgan fingerprint density at radius 2 is 2.07 bits per heavy atom. The van der Waals surface area contributed by atoms with Gasteiger partial charge in [-0.1, -0.05) is 6.07 Å². The lowest BCUT2D eigenvalue weighted by molar-refractivity contribution is 0.0696. The van der Waals surface area contributed by atoms with Crippen LogP contribution < -0.4 is 11.1 Å². The molecule has 0 fully saturated rings. The molecule has 0 saturated carbocycles. The van der Waals surface area contributed by atoms with Crippen molar-refractivity contribution < 1.29 is 15.0 Å². The summed E-state index contributed by atoms with van der Waals surface area (Å²) < 4.78 is 0. The molecule has 1 rings (SSSR count). The Kier molecular flexibility index (Phi) is 5.81. The van der Waals surface area contributed by atoms with E-state index in [1.807, 2.05) is 0 Å². The van der Waals surface area contributed by atoms with Crippen molar-refractivity contribution >= 4 is 23.3 Å². The van der Waals surface area contributed by atoms with E-state index < -0.39 is 5.97 Å². The Morgan fingerprint density at radius 3 is 2.33 bits per heavy atom. The van der Waals surface area contributed by atoms with Crippen LogP contribution in [0.5, 0.6) is 5.75 Å². The van der Waals surface area contributed by atoms with E-state index in [9.17, 15) is 4.79 Å². The van der Waals surface area contributed by atoms with Crippen LogP contribution in [-0.2, 0) is 0 Å². The predicted octanol–water partition coefficient (Wildman–Crippen LogP) is 0.540. The highest BCUT2D eigenvalue weighted by Gasteiger charge is 2.00. The fourth-order valence-electron chi connectivity index (χ4n) is 0.639.